The molecule has 7 heteroatoms. The van der Waals surface area contributed by atoms with Crippen molar-refractivity contribution < 1.29 is 19.1 Å². The van der Waals surface area contributed by atoms with Crippen LogP contribution in [0, 0.1) is 0 Å². The fourth-order valence-electron chi connectivity index (χ4n) is 3.33. The van der Waals surface area contributed by atoms with Gasteiger partial charge < -0.3 is 19.7 Å². The van der Waals surface area contributed by atoms with Crippen molar-refractivity contribution in [3.8, 4) is 11.5 Å². The highest BCUT2D eigenvalue weighted by Crippen LogP contribution is 2.33. The number of hydrogen-bond acceptors (Lipinski definition) is 5. The fourth-order valence-corrected chi connectivity index (χ4v) is 3.33. The number of benzene rings is 1. The predicted molar refractivity (Wildman–Crippen MR) is 109 cm³/mol. The van der Waals surface area contributed by atoms with Gasteiger partial charge in [-0.25, -0.2) is 0 Å². The molecule has 0 bridgehead atoms. The van der Waals surface area contributed by atoms with Crippen molar-refractivity contribution in [1.82, 2.24) is 15.2 Å². The Labute approximate surface area is 171 Å². The first kappa shape index (κ1) is 20.6. The van der Waals surface area contributed by atoms with Crippen molar-refractivity contribution in [1.29, 1.82) is 0 Å². The van der Waals surface area contributed by atoms with Crippen molar-refractivity contribution in [3.63, 3.8) is 0 Å². The fraction of sp³-hybridized carbons (Fsp3) is 0.409. The quantitative estimate of drug-likeness (QED) is 0.858. The zero-order chi connectivity index (χ0) is 21.2. The minimum absolute atomic E-state index is 0.127. The van der Waals surface area contributed by atoms with Gasteiger partial charge in [0.1, 0.15) is 5.69 Å². The topological polar surface area (TPSA) is 80.8 Å². The number of nitrogens with zero attached hydrogens (tertiary/aromatic N) is 2. The number of rotatable bonds is 4. The van der Waals surface area contributed by atoms with Crippen LogP contribution in [0.2, 0.25) is 0 Å². The van der Waals surface area contributed by atoms with Crippen LogP contribution >= 0.6 is 0 Å². The molecule has 0 unspecified atom stereocenters. The van der Waals surface area contributed by atoms with E-state index in [4.69, 9.17) is 9.47 Å². The van der Waals surface area contributed by atoms with E-state index in [0.717, 1.165) is 17.5 Å². The van der Waals surface area contributed by atoms with Crippen LogP contribution in [-0.4, -0.2) is 48.0 Å². The van der Waals surface area contributed by atoms with Crippen LogP contribution in [0.25, 0.3) is 0 Å². The van der Waals surface area contributed by atoms with Crippen LogP contribution < -0.4 is 14.8 Å². The third-order valence-corrected chi connectivity index (χ3v) is 4.73. The van der Waals surface area contributed by atoms with Gasteiger partial charge in [-0.05, 0) is 62.6 Å². The maximum Gasteiger partial charge on any atom is 0.270 e. The highest BCUT2D eigenvalue weighted by Gasteiger charge is 2.25. The van der Waals surface area contributed by atoms with Gasteiger partial charge in [0.2, 0.25) is 0 Å². The van der Waals surface area contributed by atoms with Crippen molar-refractivity contribution in [2.24, 2.45) is 0 Å². The average molecular weight is 397 g/mol. The highest BCUT2D eigenvalue weighted by molar-refractivity contribution is 5.98. The van der Waals surface area contributed by atoms with E-state index in [0.29, 0.717) is 30.2 Å². The van der Waals surface area contributed by atoms with Crippen LogP contribution in [0.4, 0.5) is 0 Å². The molecule has 0 saturated heterocycles. The zero-order valence-electron chi connectivity index (χ0n) is 17.5. The van der Waals surface area contributed by atoms with E-state index in [1.54, 1.807) is 31.3 Å². The number of amides is 2. The maximum absolute atomic E-state index is 13.1. The molecule has 2 amide bonds. The molecule has 7 nitrogen and oxygen atoms in total. The summed E-state index contributed by atoms with van der Waals surface area (Å²) in [4.78, 5) is 31.3. The molecule has 2 heterocycles. The maximum atomic E-state index is 13.1. The second-order valence-corrected chi connectivity index (χ2v) is 8.09. The Bertz CT molecular complexity index is 934. The molecule has 2 aromatic rings. The van der Waals surface area contributed by atoms with Gasteiger partial charge in [-0.15, -0.1) is 0 Å². The van der Waals surface area contributed by atoms with E-state index in [1.807, 2.05) is 32.9 Å². The number of aromatic nitrogens is 1. The number of nitrogens with one attached hydrogen (secondary N) is 1. The summed E-state index contributed by atoms with van der Waals surface area (Å²) in [5, 5.41) is 2.87. The van der Waals surface area contributed by atoms with Crippen LogP contribution in [0.1, 0.15) is 52.7 Å². The predicted octanol–water partition coefficient (Wildman–Crippen LogP) is 2.83. The number of hydrogen-bond donors (Lipinski definition) is 1. The van der Waals surface area contributed by atoms with Crippen LogP contribution in [0.15, 0.2) is 30.5 Å². The first-order valence-electron chi connectivity index (χ1n) is 9.53. The molecule has 0 radical (unpaired) electrons. The molecule has 1 aliphatic heterocycles. The Morgan fingerprint density at radius 1 is 1.07 bits per heavy atom. The molecule has 0 spiro atoms. The van der Waals surface area contributed by atoms with Gasteiger partial charge in [0.15, 0.2) is 11.5 Å². The molecule has 1 N–H and O–H groups in total. The molecule has 0 aliphatic carbocycles. The first-order valence-corrected chi connectivity index (χ1v) is 9.53. The Balaban J connectivity index is 1.80. The van der Waals surface area contributed by atoms with Crippen molar-refractivity contribution in [2.45, 2.75) is 39.3 Å². The summed E-state index contributed by atoms with van der Waals surface area (Å²) in [6, 6.07) is 7.08. The number of carbonyl (C=O) groups excluding carboxylic acids is 2. The molecule has 29 heavy (non-hydrogen) atoms. The number of carbonyl (C=O) groups is 2. The summed E-state index contributed by atoms with van der Waals surface area (Å²) in [6.07, 6.45) is 2.22. The Morgan fingerprint density at radius 2 is 1.72 bits per heavy atom. The lowest BCUT2D eigenvalue weighted by atomic mass is 9.98. The number of pyridine rings is 1. The zero-order valence-corrected chi connectivity index (χ0v) is 17.5. The summed E-state index contributed by atoms with van der Waals surface area (Å²) < 4.78 is 10.7. The van der Waals surface area contributed by atoms with Gasteiger partial charge in [-0.1, -0.05) is 0 Å². The third-order valence-electron chi connectivity index (χ3n) is 4.73. The summed E-state index contributed by atoms with van der Waals surface area (Å²) >= 11 is 0. The van der Waals surface area contributed by atoms with E-state index in [9.17, 15) is 9.59 Å². The number of ether oxygens (including phenoxy) is 2. The lowest BCUT2D eigenvalue weighted by molar-refractivity contribution is 0.0734. The van der Waals surface area contributed by atoms with Gasteiger partial charge >= 0.3 is 0 Å². The largest absolute Gasteiger partial charge is 0.493 e. The second-order valence-electron chi connectivity index (χ2n) is 8.09. The molecular weight excluding hydrogens is 370 g/mol. The van der Waals surface area contributed by atoms with E-state index in [-0.39, 0.29) is 23.0 Å². The van der Waals surface area contributed by atoms with Crippen LogP contribution in [0.3, 0.4) is 0 Å². The lowest BCUT2D eigenvalue weighted by Crippen LogP contribution is -2.41. The summed E-state index contributed by atoms with van der Waals surface area (Å²) in [6.45, 7) is 6.75. The van der Waals surface area contributed by atoms with E-state index in [1.165, 1.54) is 6.20 Å². The summed E-state index contributed by atoms with van der Waals surface area (Å²) in [5.41, 5.74) is 2.47. The average Bonchev–Trinajstić information content (AvgIpc) is 2.70. The summed E-state index contributed by atoms with van der Waals surface area (Å²) in [7, 11) is 3.21. The normalized spacial score (nSPS) is 13.5. The summed E-state index contributed by atoms with van der Waals surface area (Å²) in [5.74, 6) is 0.908. The lowest BCUT2D eigenvalue weighted by Gasteiger charge is -2.29. The van der Waals surface area contributed by atoms with Crippen molar-refractivity contribution in [2.75, 3.05) is 20.8 Å². The molecule has 1 aromatic heterocycles. The second kappa shape index (κ2) is 8.11. The molecule has 0 atom stereocenters. The Morgan fingerprint density at radius 3 is 2.34 bits per heavy atom. The number of methoxy groups -OCH3 is 2. The SMILES string of the molecule is COc1cc2c(cc1OC)CN(C(=O)c1ccnc(C(=O)NC(C)(C)C)c1)CC2. The third kappa shape index (κ3) is 4.67. The van der Waals surface area contributed by atoms with Crippen LogP contribution in [0.5, 0.6) is 11.5 Å². The highest BCUT2D eigenvalue weighted by atomic mass is 16.5. The van der Waals surface area contributed by atoms with E-state index in [2.05, 4.69) is 10.3 Å². The molecule has 0 saturated carbocycles. The molecule has 3 rings (SSSR count). The number of fused-ring (bicyclic) bond motifs is 1. The Hall–Kier alpha value is -3.09. The standard InChI is InChI=1S/C22H27N3O4/c1-22(2,3)24-20(26)17-10-15(6-8-23-17)21(27)25-9-7-14-11-18(28-4)19(29-5)12-16(14)13-25/h6,8,10-12H,7,9,13H2,1-5H3,(H,24,26). The van der Waals surface area contributed by atoms with Crippen molar-refractivity contribution in [3.05, 3.63) is 52.8 Å². The monoisotopic (exact) mass is 397 g/mol. The van der Waals surface area contributed by atoms with Gasteiger partial charge in [0, 0.05) is 30.4 Å². The van der Waals surface area contributed by atoms with Gasteiger partial charge in [0.25, 0.3) is 11.8 Å². The molecule has 1 aromatic carbocycles. The smallest absolute Gasteiger partial charge is 0.270 e. The van der Waals surface area contributed by atoms with Gasteiger partial charge in [0.05, 0.1) is 14.2 Å². The van der Waals surface area contributed by atoms with E-state index < -0.39 is 0 Å². The molecular formula is C22H27N3O4. The van der Waals surface area contributed by atoms with E-state index >= 15 is 0 Å². The molecule has 1 aliphatic rings. The minimum atomic E-state index is -0.379. The molecule has 0 fully saturated rings. The van der Waals surface area contributed by atoms with Gasteiger partial charge in [-0.3, -0.25) is 14.6 Å². The minimum Gasteiger partial charge on any atom is -0.493 e. The first-order chi connectivity index (χ1) is 13.7. The molecule has 154 valence electrons. The van der Waals surface area contributed by atoms with Gasteiger partial charge in [-0.2, -0.15) is 0 Å². The Kier molecular flexibility index (Phi) is 5.77. The van der Waals surface area contributed by atoms with Crippen LogP contribution in [-0.2, 0) is 13.0 Å². The van der Waals surface area contributed by atoms with Crippen molar-refractivity contribution >= 4 is 11.8 Å².